The molecule has 1 nitrogen and oxygen atoms in total. The third-order valence-corrected chi connectivity index (χ3v) is 8.11. The van der Waals surface area contributed by atoms with Gasteiger partial charge in [-0.2, -0.15) is 0 Å². The maximum absolute atomic E-state index is 12.9. The summed E-state index contributed by atoms with van der Waals surface area (Å²) in [6.45, 7) is 8.62. The fraction of sp³-hybridized carbons (Fsp3) is 0.278. The van der Waals surface area contributed by atoms with Crippen LogP contribution in [0.2, 0.25) is 0 Å². The first-order chi connectivity index (χ1) is 10.4. The molecule has 1 aliphatic rings. The van der Waals surface area contributed by atoms with E-state index >= 15 is 0 Å². The summed E-state index contributed by atoms with van der Waals surface area (Å²) in [5, 5.41) is 0. The quantitative estimate of drug-likeness (QED) is 0.554. The first kappa shape index (κ1) is 14.4. The number of rotatable bonds is 1. The van der Waals surface area contributed by atoms with Crippen molar-refractivity contribution in [3.05, 3.63) is 64.7 Å². The van der Waals surface area contributed by atoms with Crippen molar-refractivity contribution < 1.29 is 4.79 Å². The van der Waals surface area contributed by atoms with Gasteiger partial charge in [0.05, 0.1) is 5.41 Å². The Hall–Kier alpha value is -1.23. The Morgan fingerprint density at radius 1 is 0.818 bits per heavy atom. The van der Waals surface area contributed by atoms with Gasteiger partial charge in [-0.3, -0.25) is 4.79 Å². The normalized spacial score (nSPS) is 15.7. The van der Waals surface area contributed by atoms with Crippen molar-refractivity contribution >= 4 is 39.8 Å². The van der Waals surface area contributed by atoms with Gasteiger partial charge in [0.1, 0.15) is 0 Å². The molecule has 0 saturated carbocycles. The van der Waals surface area contributed by atoms with Crippen LogP contribution >= 0.6 is 34.0 Å². The molecule has 112 valence electrons. The van der Waals surface area contributed by atoms with Gasteiger partial charge in [-0.05, 0) is 52.0 Å². The van der Waals surface area contributed by atoms with Crippen molar-refractivity contribution in [2.45, 2.75) is 33.1 Å². The molecule has 3 aromatic heterocycles. The lowest BCUT2D eigenvalue weighted by Crippen LogP contribution is -2.30. The van der Waals surface area contributed by atoms with E-state index in [1.54, 1.807) is 22.7 Å². The number of fused-ring (bicyclic) bond motifs is 2. The van der Waals surface area contributed by atoms with E-state index in [0.29, 0.717) is 0 Å². The highest BCUT2D eigenvalue weighted by atomic mass is 32.1. The zero-order valence-corrected chi connectivity index (χ0v) is 15.4. The lowest BCUT2D eigenvalue weighted by molar-refractivity contribution is 0.103. The molecule has 4 heteroatoms. The number of hydrogen-bond acceptors (Lipinski definition) is 4. The van der Waals surface area contributed by atoms with Crippen LogP contribution in [0.25, 0.3) is 0 Å². The van der Waals surface area contributed by atoms with E-state index in [2.05, 4.69) is 52.0 Å². The molecule has 3 heterocycles. The predicted molar refractivity (Wildman–Crippen MR) is 96.2 cm³/mol. The first-order valence-corrected chi connectivity index (χ1v) is 9.69. The molecule has 0 unspecified atom stereocenters. The summed E-state index contributed by atoms with van der Waals surface area (Å²) in [7, 11) is 0. The second kappa shape index (κ2) is 4.63. The van der Waals surface area contributed by atoms with Crippen molar-refractivity contribution in [2.75, 3.05) is 0 Å². The highest BCUT2D eigenvalue weighted by molar-refractivity contribution is 7.16. The van der Waals surface area contributed by atoms with E-state index in [9.17, 15) is 4.79 Å². The largest absolute Gasteiger partial charge is 0.289 e. The van der Waals surface area contributed by atoms with Crippen molar-refractivity contribution in [3.8, 4) is 0 Å². The number of hydrogen-bond donors (Lipinski definition) is 0. The van der Waals surface area contributed by atoms with Crippen molar-refractivity contribution in [3.63, 3.8) is 0 Å². The molecule has 0 fully saturated rings. The van der Waals surface area contributed by atoms with Gasteiger partial charge in [0.15, 0.2) is 5.78 Å². The van der Waals surface area contributed by atoms with Gasteiger partial charge in [0.25, 0.3) is 0 Å². The van der Waals surface area contributed by atoms with Crippen LogP contribution < -0.4 is 0 Å². The maximum Gasteiger partial charge on any atom is 0.195 e. The minimum absolute atomic E-state index is 0.185. The van der Waals surface area contributed by atoms with Gasteiger partial charge in [-0.25, -0.2) is 0 Å². The lowest BCUT2D eigenvalue weighted by Gasteiger charge is -2.32. The average molecular weight is 345 g/mol. The monoisotopic (exact) mass is 344 g/mol. The number of aryl methyl sites for hydroxylation is 3. The predicted octanol–water partition coefficient (Wildman–Crippen LogP) is 5.70. The summed E-state index contributed by atoms with van der Waals surface area (Å²) >= 11 is 5.38. The Labute approximate surface area is 142 Å². The molecule has 0 radical (unpaired) electrons. The van der Waals surface area contributed by atoms with E-state index < -0.39 is 0 Å². The molecule has 0 aromatic carbocycles. The highest BCUT2D eigenvalue weighted by Gasteiger charge is 2.45. The fourth-order valence-electron chi connectivity index (χ4n) is 3.28. The summed E-state index contributed by atoms with van der Waals surface area (Å²) in [5.74, 6) is 0.199. The minimum Gasteiger partial charge on any atom is -0.289 e. The number of thiophene rings is 3. The van der Waals surface area contributed by atoms with Gasteiger partial charge in [-0.15, -0.1) is 34.0 Å². The standard InChI is InChI=1S/C18H16OS3/c1-9-5-6-14(20-9)18(4)16-12(7-10(2)21-16)15(19)13-8-11(3)22-17(13)18/h5-8H,1-4H3. The zero-order chi connectivity index (χ0) is 15.6. The molecule has 0 spiro atoms. The number of carbonyl (C=O) groups excluding carboxylic acids is 1. The van der Waals surface area contributed by atoms with E-state index in [1.165, 1.54) is 29.3 Å². The Morgan fingerprint density at radius 3 is 1.82 bits per heavy atom. The summed E-state index contributed by atoms with van der Waals surface area (Å²) in [5.41, 5.74) is 1.62. The molecular weight excluding hydrogens is 328 g/mol. The fourth-order valence-corrected chi connectivity index (χ4v) is 6.86. The SMILES string of the molecule is Cc1ccc(C2(C)c3sc(C)cc3C(=O)c3cc(C)sc32)s1. The van der Waals surface area contributed by atoms with Gasteiger partial charge >= 0.3 is 0 Å². The van der Waals surface area contributed by atoms with Crippen LogP contribution in [-0.2, 0) is 5.41 Å². The van der Waals surface area contributed by atoms with E-state index in [-0.39, 0.29) is 11.2 Å². The Bertz CT molecular complexity index is 857. The molecule has 0 saturated heterocycles. The van der Waals surface area contributed by atoms with Crippen molar-refractivity contribution in [1.82, 2.24) is 0 Å². The average Bonchev–Trinajstić information content (AvgIpc) is 3.15. The molecule has 1 aliphatic carbocycles. The van der Waals surface area contributed by atoms with Crippen LogP contribution in [0.15, 0.2) is 24.3 Å². The molecule has 22 heavy (non-hydrogen) atoms. The van der Waals surface area contributed by atoms with Gasteiger partial charge in [0, 0.05) is 40.4 Å². The van der Waals surface area contributed by atoms with Crippen molar-refractivity contribution in [2.24, 2.45) is 0 Å². The summed E-state index contributed by atoms with van der Waals surface area (Å²) in [4.78, 5) is 20.4. The van der Waals surface area contributed by atoms with E-state index in [1.807, 2.05) is 11.3 Å². The summed E-state index contributed by atoms with van der Waals surface area (Å²) < 4.78 is 0. The smallest absolute Gasteiger partial charge is 0.195 e. The van der Waals surface area contributed by atoms with Crippen LogP contribution in [0.5, 0.6) is 0 Å². The van der Waals surface area contributed by atoms with Crippen LogP contribution in [0.3, 0.4) is 0 Å². The molecule has 0 aliphatic heterocycles. The number of ketones is 1. The molecule has 0 N–H and O–H groups in total. The van der Waals surface area contributed by atoms with Crippen LogP contribution in [0, 0.1) is 20.8 Å². The molecule has 3 aromatic rings. The summed E-state index contributed by atoms with van der Waals surface area (Å²) in [6.07, 6.45) is 0. The zero-order valence-electron chi connectivity index (χ0n) is 12.9. The number of carbonyl (C=O) groups is 1. The van der Waals surface area contributed by atoms with Crippen LogP contribution in [0.1, 0.15) is 52.1 Å². The van der Waals surface area contributed by atoms with Gasteiger partial charge in [0.2, 0.25) is 0 Å². The molecule has 4 rings (SSSR count). The van der Waals surface area contributed by atoms with Gasteiger partial charge < -0.3 is 0 Å². The maximum atomic E-state index is 12.9. The second-order valence-electron chi connectivity index (χ2n) is 6.06. The third-order valence-electron chi connectivity index (χ3n) is 4.34. The highest BCUT2D eigenvalue weighted by Crippen LogP contribution is 2.53. The molecule has 0 atom stereocenters. The third kappa shape index (κ3) is 1.78. The van der Waals surface area contributed by atoms with Crippen molar-refractivity contribution in [1.29, 1.82) is 0 Å². The summed E-state index contributed by atoms with van der Waals surface area (Å²) in [6, 6.07) is 8.55. The first-order valence-electron chi connectivity index (χ1n) is 7.24. The second-order valence-corrected chi connectivity index (χ2v) is 9.86. The topological polar surface area (TPSA) is 17.1 Å². The van der Waals surface area contributed by atoms with E-state index in [0.717, 1.165) is 11.1 Å². The molecule has 0 bridgehead atoms. The lowest BCUT2D eigenvalue weighted by atomic mass is 9.76. The Kier molecular flexibility index (Phi) is 3.03. The molecular formula is C18H16OS3. The van der Waals surface area contributed by atoms with Crippen LogP contribution in [-0.4, -0.2) is 5.78 Å². The molecule has 0 amide bonds. The Balaban J connectivity index is 2.10. The Morgan fingerprint density at radius 2 is 1.36 bits per heavy atom. The van der Waals surface area contributed by atoms with Gasteiger partial charge in [-0.1, -0.05) is 0 Å². The van der Waals surface area contributed by atoms with Crippen LogP contribution in [0.4, 0.5) is 0 Å². The van der Waals surface area contributed by atoms with E-state index in [4.69, 9.17) is 0 Å². The minimum atomic E-state index is -0.185.